The van der Waals surface area contributed by atoms with Crippen molar-refractivity contribution in [3.8, 4) is 0 Å². The van der Waals surface area contributed by atoms with Gasteiger partial charge in [0.05, 0.1) is 12.0 Å². The second kappa shape index (κ2) is 2.75. The summed E-state index contributed by atoms with van der Waals surface area (Å²) in [5, 5.41) is 0. The van der Waals surface area contributed by atoms with Gasteiger partial charge in [0, 0.05) is 4.47 Å². The van der Waals surface area contributed by atoms with E-state index in [2.05, 4.69) is 15.9 Å². The summed E-state index contributed by atoms with van der Waals surface area (Å²) in [5.74, 6) is -3.51. The van der Waals surface area contributed by atoms with Gasteiger partial charge in [0.1, 0.15) is 0 Å². The summed E-state index contributed by atoms with van der Waals surface area (Å²) in [6, 6.07) is 5.84. The number of halogens is 3. The highest BCUT2D eigenvalue weighted by molar-refractivity contribution is 9.10. The predicted octanol–water partition coefficient (Wildman–Crippen LogP) is 2.51. The van der Waals surface area contributed by atoms with Crippen LogP contribution in [0.1, 0.15) is 11.5 Å². The standard InChI is InChI=1S/C9H8BrF2N/c10-6-3-1-5(2-4-6)7-8(13)9(7,11)12/h1-4,7-8H,13H2. The Bertz CT molecular complexity index is 323. The van der Waals surface area contributed by atoms with Gasteiger partial charge in [-0.1, -0.05) is 28.1 Å². The maximum atomic E-state index is 12.8. The van der Waals surface area contributed by atoms with Crippen molar-refractivity contribution in [1.29, 1.82) is 0 Å². The van der Waals surface area contributed by atoms with Gasteiger partial charge in [-0.3, -0.25) is 0 Å². The van der Waals surface area contributed by atoms with Crippen molar-refractivity contribution in [2.24, 2.45) is 5.73 Å². The fourth-order valence-corrected chi connectivity index (χ4v) is 1.71. The van der Waals surface area contributed by atoms with E-state index in [1.54, 1.807) is 24.3 Å². The van der Waals surface area contributed by atoms with Crippen LogP contribution in [0.2, 0.25) is 0 Å². The quantitative estimate of drug-likeness (QED) is 0.811. The zero-order valence-electron chi connectivity index (χ0n) is 6.68. The first-order valence-electron chi connectivity index (χ1n) is 3.92. The number of benzene rings is 1. The third-order valence-corrected chi connectivity index (χ3v) is 2.87. The van der Waals surface area contributed by atoms with E-state index < -0.39 is 17.9 Å². The smallest absolute Gasteiger partial charge is 0.272 e. The lowest BCUT2D eigenvalue weighted by Gasteiger charge is -1.97. The molecule has 0 aliphatic heterocycles. The van der Waals surface area contributed by atoms with E-state index in [4.69, 9.17) is 5.73 Å². The minimum Gasteiger partial charge on any atom is -0.322 e. The van der Waals surface area contributed by atoms with Crippen LogP contribution in [0.3, 0.4) is 0 Å². The van der Waals surface area contributed by atoms with Gasteiger partial charge in [0.2, 0.25) is 0 Å². The molecule has 0 heterocycles. The first-order chi connectivity index (χ1) is 6.03. The van der Waals surface area contributed by atoms with Crippen LogP contribution in [0.4, 0.5) is 8.78 Å². The van der Waals surface area contributed by atoms with Crippen LogP contribution >= 0.6 is 15.9 Å². The van der Waals surface area contributed by atoms with E-state index in [-0.39, 0.29) is 0 Å². The van der Waals surface area contributed by atoms with E-state index in [1.807, 2.05) is 0 Å². The number of alkyl halides is 2. The molecule has 2 N–H and O–H groups in total. The van der Waals surface area contributed by atoms with Crippen molar-refractivity contribution in [1.82, 2.24) is 0 Å². The monoisotopic (exact) mass is 247 g/mol. The molecule has 1 aliphatic carbocycles. The summed E-state index contributed by atoms with van der Waals surface area (Å²) in [6.07, 6.45) is 0. The van der Waals surface area contributed by atoms with Gasteiger partial charge >= 0.3 is 0 Å². The van der Waals surface area contributed by atoms with Crippen LogP contribution in [0.15, 0.2) is 28.7 Å². The van der Waals surface area contributed by atoms with Crippen LogP contribution in [-0.2, 0) is 0 Å². The third-order valence-electron chi connectivity index (χ3n) is 2.34. The Morgan fingerprint density at radius 1 is 1.23 bits per heavy atom. The van der Waals surface area contributed by atoms with E-state index in [0.29, 0.717) is 5.56 Å². The molecule has 1 nitrogen and oxygen atoms in total. The van der Waals surface area contributed by atoms with Gasteiger partial charge in [-0.05, 0) is 17.7 Å². The van der Waals surface area contributed by atoms with Crippen molar-refractivity contribution < 1.29 is 8.78 Å². The third kappa shape index (κ3) is 1.38. The van der Waals surface area contributed by atoms with Crippen LogP contribution < -0.4 is 5.73 Å². The molecule has 70 valence electrons. The lowest BCUT2D eigenvalue weighted by Crippen LogP contribution is -2.08. The molecule has 0 aromatic heterocycles. The fraction of sp³-hybridized carbons (Fsp3) is 0.333. The maximum absolute atomic E-state index is 12.8. The summed E-state index contributed by atoms with van der Waals surface area (Å²) < 4.78 is 26.6. The molecule has 0 saturated heterocycles. The molecule has 1 saturated carbocycles. The van der Waals surface area contributed by atoms with Crippen LogP contribution in [0.5, 0.6) is 0 Å². The Kier molecular flexibility index (Phi) is 1.92. The second-order valence-corrected chi connectivity index (χ2v) is 4.15. The molecular formula is C9H8BrF2N. The first kappa shape index (κ1) is 9.09. The number of rotatable bonds is 1. The fourth-order valence-electron chi connectivity index (χ4n) is 1.45. The Morgan fingerprint density at radius 2 is 1.69 bits per heavy atom. The molecule has 2 unspecified atom stereocenters. The first-order valence-corrected chi connectivity index (χ1v) is 4.71. The SMILES string of the molecule is NC1C(c2ccc(Br)cc2)C1(F)F. The lowest BCUT2D eigenvalue weighted by atomic mass is 10.1. The Balaban J connectivity index is 2.25. The van der Waals surface area contributed by atoms with Gasteiger partial charge in [0.15, 0.2) is 0 Å². The van der Waals surface area contributed by atoms with Gasteiger partial charge in [-0.2, -0.15) is 0 Å². The highest BCUT2D eigenvalue weighted by Crippen LogP contribution is 2.54. The molecular weight excluding hydrogens is 240 g/mol. The average molecular weight is 248 g/mol. The topological polar surface area (TPSA) is 26.0 Å². The molecule has 1 fully saturated rings. The molecule has 4 heteroatoms. The summed E-state index contributed by atoms with van der Waals surface area (Å²) in [4.78, 5) is 0. The molecule has 0 radical (unpaired) electrons. The number of nitrogens with two attached hydrogens (primary N) is 1. The van der Waals surface area contributed by atoms with Gasteiger partial charge in [-0.15, -0.1) is 0 Å². The average Bonchev–Trinajstić information content (AvgIpc) is 2.55. The zero-order valence-corrected chi connectivity index (χ0v) is 8.26. The summed E-state index contributed by atoms with van der Waals surface area (Å²) in [5.41, 5.74) is 5.86. The Hall–Kier alpha value is -0.480. The number of hydrogen-bond acceptors (Lipinski definition) is 1. The molecule has 1 aromatic rings. The van der Waals surface area contributed by atoms with Crippen molar-refractivity contribution in [3.63, 3.8) is 0 Å². The van der Waals surface area contributed by atoms with Crippen molar-refractivity contribution in [2.45, 2.75) is 17.9 Å². The molecule has 0 amide bonds. The Morgan fingerprint density at radius 3 is 2.08 bits per heavy atom. The van der Waals surface area contributed by atoms with Crippen molar-refractivity contribution in [2.75, 3.05) is 0 Å². The lowest BCUT2D eigenvalue weighted by molar-refractivity contribution is 0.105. The maximum Gasteiger partial charge on any atom is 0.272 e. The molecule has 1 aliphatic rings. The van der Waals surface area contributed by atoms with Crippen molar-refractivity contribution >= 4 is 15.9 Å². The van der Waals surface area contributed by atoms with Gasteiger partial charge in [-0.25, -0.2) is 8.78 Å². The largest absolute Gasteiger partial charge is 0.322 e. The molecule has 0 spiro atoms. The Labute approximate surface area is 83.1 Å². The van der Waals surface area contributed by atoms with Crippen LogP contribution in [0.25, 0.3) is 0 Å². The highest BCUT2D eigenvalue weighted by atomic mass is 79.9. The van der Waals surface area contributed by atoms with E-state index >= 15 is 0 Å². The van der Waals surface area contributed by atoms with Crippen molar-refractivity contribution in [3.05, 3.63) is 34.3 Å². The molecule has 2 rings (SSSR count). The molecule has 13 heavy (non-hydrogen) atoms. The van der Waals surface area contributed by atoms with Crippen LogP contribution in [-0.4, -0.2) is 12.0 Å². The summed E-state index contributed by atoms with van der Waals surface area (Å²) in [6.45, 7) is 0. The molecule has 1 aromatic carbocycles. The predicted molar refractivity (Wildman–Crippen MR) is 49.8 cm³/mol. The molecule has 2 atom stereocenters. The second-order valence-electron chi connectivity index (χ2n) is 3.23. The van der Waals surface area contributed by atoms with E-state index in [0.717, 1.165) is 4.47 Å². The zero-order chi connectivity index (χ0) is 9.64. The van der Waals surface area contributed by atoms with Crippen LogP contribution in [0, 0.1) is 0 Å². The molecule has 0 bridgehead atoms. The van der Waals surface area contributed by atoms with E-state index in [1.165, 1.54) is 0 Å². The number of hydrogen-bond donors (Lipinski definition) is 1. The normalized spacial score (nSPS) is 30.2. The summed E-state index contributed by atoms with van der Waals surface area (Å²) >= 11 is 3.24. The summed E-state index contributed by atoms with van der Waals surface area (Å²) in [7, 11) is 0. The van der Waals surface area contributed by atoms with Gasteiger partial charge < -0.3 is 5.73 Å². The van der Waals surface area contributed by atoms with Gasteiger partial charge in [0.25, 0.3) is 5.92 Å². The minimum absolute atomic E-state index is 0.612. The minimum atomic E-state index is -2.71. The highest BCUT2D eigenvalue weighted by Gasteiger charge is 2.66. The van der Waals surface area contributed by atoms with E-state index in [9.17, 15) is 8.78 Å².